The van der Waals surface area contributed by atoms with Crippen molar-refractivity contribution in [3.05, 3.63) is 0 Å². The highest BCUT2D eigenvalue weighted by Crippen LogP contribution is 2.30. The van der Waals surface area contributed by atoms with E-state index in [9.17, 15) is 13.8 Å². The van der Waals surface area contributed by atoms with Crippen LogP contribution in [-0.2, 0) is 20.4 Å². The van der Waals surface area contributed by atoms with E-state index in [0.717, 1.165) is 25.7 Å². The van der Waals surface area contributed by atoms with E-state index in [1.54, 1.807) is 0 Å². The molecular formula is C13H23NO4S. The van der Waals surface area contributed by atoms with Gasteiger partial charge in [0, 0.05) is 23.0 Å². The summed E-state index contributed by atoms with van der Waals surface area (Å²) in [6, 6.07) is -1.04. The monoisotopic (exact) mass is 289 g/mol. The molecule has 6 heteroatoms. The van der Waals surface area contributed by atoms with Crippen LogP contribution in [0.3, 0.4) is 0 Å². The fraction of sp³-hybridized carbons (Fsp3) is 0.846. The van der Waals surface area contributed by atoms with Gasteiger partial charge >= 0.3 is 5.97 Å². The zero-order chi connectivity index (χ0) is 14.4. The lowest BCUT2D eigenvalue weighted by molar-refractivity contribution is -0.140. The smallest absolute Gasteiger partial charge is 0.327 e. The first kappa shape index (κ1) is 16.1. The van der Waals surface area contributed by atoms with Crippen molar-refractivity contribution in [2.45, 2.75) is 57.2 Å². The molecule has 1 aliphatic carbocycles. The molecule has 5 nitrogen and oxygen atoms in total. The summed E-state index contributed by atoms with van der Waals surface area (Å²) in [7, 11) is -1.20. The third-order valence-corrected chi connectivity index (χ3v) is 5.67. The van der Waals surface area contributed by atoms with Crippen LogP contribution in [0.15, 0.2) is 0 Å². The number of nitrogens with one attached hydrogen (secondary N) is 1. The number of carboxylic acid groups (broad SMARTS) is 1. The first-order chi connectivity index (χ1) is 8.95. The third kappa shape index (κ3) is 4.93. The van der Waals surface area contributed by atoms with Crippen LogP contribution >= 0.6 is 0 Å². The van der Waals surface area contributed by atoms with Gasteiger partial charge in [-0.05, 0) is 18.8 Å². The van der Waals surface area contributed by atoms with Crippen molar-refractivity contribution < 1.29 is 18.9 Å². The molecule has 110 valence electrons. The first-order valence-corrected chi connectivity index (χ1v) is 8.21. The number of hydrogen-bond acceptors (Lipinski definition) is 3. The Morgan fingerprint density at radius 1 is 1.37 bits per heavy atom. The maximum absolute atomic E-state index is 12.4. The van der Waals surface area contributed by atoms with Gasteiger partial charge in [-0.2, -0.15) is 0 Å². The second-order valence-electron chi connectivity index (χ2n) is 5.13. The van der Waals surface area contributed by atoms with E-state index in [0.29, 0.717) is 5.92 Å². The van der Waals surface area contributed by atoms with Gasteiger partial charge < -0.3 is 10.4 Å². The van der Waals surface area contributed by atoms with Crippen LogP contribution in [0.1, 0.15) is 46.0 Å². The molecule has 1 amide bonds. The Hall–Kier alpha value is -0.910. The average Bonchev–Trinajstić information content (AvgIpc) is 2.37. The van der Waals surface area contributed by atoms with E-state index in [4.69, 9.17) is 5.11 Å². The molecule has 0 spiro atoms. The molecule has 0 aromatic rings. The summed E-state index contributed by atoms with van der Waals surface area (Å²) in [6.07, 6.45) is 5.18. The highest BCUT2D eigenvalue weighted by Gasteiger charge is 2.31. The van der Waals surface area contributed by atoms with Gasteiger partial charge in [0.05, 0.1) is 5.75 Å². The molecule has 2 N–H and O–H groups in total. The molecule has 0 saturated heterocycles. The predicted octanol–water partition coefficient (Wildman–Crippen LogP) is 1.29. The Morgan fingerprint density at radius 2 is 2.00 bits per heavy atom. The van der Waals surface area contributed by atoms with Crippen LogP contribution in [0.4, 0.5) is 0 Å². The maximum atomic E-state index is 12.4. The number of carbonyl (C=O) groups excluding carboxylic acids is 1. The Morgan fingerprint density at radius 3 is 2.53 bits per heavy atom. The molecule has 4 atom stereocenters. The van der Waals surface area contributed by atoms with Crippen LogP contribution in [0.5, 0.6) is 0 Å². The molecule has 0 aromatic carbocycles. The number of amides is 1. The number of carboxylic acids is 1. The summed E-state index contributed by atoms with van der Waals surface area (Å²) < 4.78 is 12.4. The van der Waals surface area contributed by atoms with Gasteiger partial charge in [0.2, 0.25) is 5.91 Å². The number of rotatable bonds is 6. The molecule has 1 rings (SSSR count). The summed E-state index contributed by atoms with van der Waals surface area (Å²) >= 11 is 0. The molecule has 0 radical (unpaired) electrons. The third-order valence-electron chi connectivity index (χ3n) is 3.71. The van der Waals surface area contributed by atoms with Gasteiger partial charge in [-0.1, -0.05) is 26.2 Å². The highest BCUT2D eigenvalue weighted by molar-refractivity contribution is 7.85. The first-order valence-electron chi connectivity index (χ1n) is 6.82. The van der Waals surface area contributed by atoms with Crippen LogP contribution in [0, 0.1) is 5.92 Å². The second kappa shape index (κ2) is 7.62. The quantitative estimate of drug-likeness (QED) is 0.772. The van der Waals surface area contributed by atoms with E-state index < -0.39 is 28.7 Å². The maximum Gasteiger partial charge on any atom is 0.327 e. The molecule has 1 fully saturated rings. The van der Waals surface area contributed by atoms with Crippen molar-refractivity contribution >= 4 is 22.7 Å². The topological polar surface area (TPSA) is 83.5 Å². The van der Waals surface area contributed by atoms with E-state index in [2.05, 4.69) is 12.2 Å². The molecule has 1 aliphatic rings. The Kier molecular flexibility index (Phi) is 6.48. The van der Waals surface area contributed by atoms with Crippen LogP contribution in [0.2, 0.25) is 0 Å². The van der Waals surface area contributed by atoms with E-state index >= 15 is 0 Å². The normalized spacial score (nSPS) is 26.4. The Bertz CT molecular complexity index is 359. The summed E-state index contributed by atoms with van der Waals surface area (Å²) in [6.45, 7) is 3.36. The Balaban J connectivity index is 2.64. The van der Waals surface area contributed by atoms with Gasteiger partial charge in [0.15, 0.2) is 0 Å². The largest absolute Gasteiger partial charge is 0.480 e. The molecule has 0 heterocycles. The molecule has 19 heavy (non-hydrogen) atoms. The van der Waals surface area contributed by atoms with Gasteiger partial charge in [0.25, 0.3) is 0 Å². The fourth-order valence-electron chi connectivity index (χ4n) is 2.69. The molecule has 0 bridgehead atoms. The standard InChI is InChI=1S/C13H23NO4S/c1-3-10-6-4-5-7-12(10)19(18)8-11(13(16)17)14-9(2)15/h10-12H,3-8H2,1-2H3,(H,14,15)(H,16,17)/t10?,11-,12?,19?/m0/s1. The average molecular weight is 289 g/mol. The van der Waals surface area contributed by atoms with Crippen molar-refractivity contribution in [1.29, 1.82) is 0 Å². The minimum absolute atomic E-state index is 0.0100. The SMILES string of the molecule is CCC1CCCCC1S(=O)C[C@H](NC(C)=O)C(=O)O. The molecular weight excluding hydrogens is 266 g/mol. The number of aliphatic carboxylic acids is 1. The molecule has 1 saturated carbocycles. The van der Waals surface area contributed by atoms with Crippen molar-refractivity contribution in [2.24, 2.45) is 5.92 Å². The van der Waals surface area contributed by atoms with Crippen LogP contribution < -0.4 is 5.32 Å². The minimum Gasteiger partial charge on any atom is -0.480 e. The summed E-state index contributed by atoms with van der Waals surface area (Å²) in [4.78, 5) is 22.0. The van der Waals surface area contributed by atoms with Gasteiger partial charge in [-0.25, -0.2) is 4.79 Å². The summed E-state index contributed by atoms with van der Waals surface area (Å²) in [5, 5.41) is 11.5. The second-order valence-corrected chi connectivity index (χ2v) is 6.83. The lowest BCUT2D eigenvalue weighted by Gasteiger charge is -2.30. The lowest BCUT2D eigenvalue weighted by atomic mass is 9.87. The highest BCUT2D eigenvalue weighted by atomic mass is 32.2. The van der Waals surface area contributed by atoms with Crippen molar-refractivity contribution in [1.82, 2.24) is 5.32 Å². The van der Waals surface area contributed by atoms with Gasteiger partial charge in [0.1, 0.15) is 6.04 Å². The van der Waals surface area contributed by atoms with Crippen molar-refractivity contribution in [2.75, 3.05) is 5.75 Å². The van der Waals surface area contributed by atoms with Crippen molar-refractivity contribution in [3.63, 3.8) is 0 Å². The number of carbonyl (C=O) groups is 2. The molecule has 0 aliphatic heterocycles. The Labute approximate surface area is 116 Å². The fourth-order valence-corrected chi connectivity index (χ4v) is 4.68. The van der Waals surface area contributed by atoms with Crippen LogP contribution in [-0.4, -0.2) is 38.2 Å². The predicted molar refractivity (Wildman–Crippen MR) is 74.3 cm³/mol. The molecule has 0 aromatic heterocycles. The zero-order valence-corrected chi connectivity index (χ0v) is 12.4. The van der Waals surface area contributed by atoms with Crippen molar-refractivity contribution in [3.8, 4) is 0 Å². The van der Waals surface area contributed by atoms with E-state index in [1.807, 2.05) is 0 Å². The lowest BCUT2D eigenvalue weighted by Crippen LogP contribution is -2.45. The summed E-state index contributed by atoms with van der Waals surface area (Å²) in [5.74, 6) is -1.09. The number of hydrogen-bond donors (Lipinski definition) is 2. The summed E-state index contributed by atoms with van der Waals surface area (Å²) in [5.41, 5.74) is 0. The zero-order valence-electron chi connectivity index (χ0n) is 11.6. The van der Waals surface area contributed by atoms with Gasteiger partial charge in [-0.3, -0.25) is 9.00 Å². The van der Waals surface area contributed by atoms with E-state index in [1.165, 1.54) is 13.3 Å². The van der Waals surface area contributed by atoms with Crippen LogP contribution in [0.25, 0.3) is 0 Å². The van der Waals surface area contributed by atoms with E-state index in [-0.39, 0.29) is 11.0 Å². The van der Waals surface area contributed by atoms with Gasteiger partial charge in [-0.15, -0.1) is 0 Å². The molecule has 3 unspecified atom stereocenters. The minimum atomic E-state index is -1.20.